The van der Waals surface area contributed by atoms with Gasteiger partial charge in [0.2, 0.25) is 0 Å². The molecule has 0 bridgehead atoms. The van der Waals surface area contributed by atoms with Crippen LogP contribution in [0.3, 0.4) is 0 Å². The molecular weight excluding hydrogens is 308 g/mol. The molecule has 0 saturated carbocycles. The lowest BCUT2D eigenvalue weighted by atomic mass is 10.1. The molecule has 3 aromatic rings. The number of anilines is 3. The Morgan fingerprint density at radius 3 is 2.24 bits per heavy atom. The molecule has 1 atom stereocenters. The van der Waals surface area contributed by atoms with Crippen molar-refractivity contribution < 1.29 is 0 Å². The van der Waals surface area contributed by atoms with Crippen molar-refractivity contribution in [2.24, 2.45) is 0 Å². The third-order valence-corrected chi connectivity index (χ3v) is 4.28. The Morgan fingerprint density at radius 1 is 0.800 bits per heavy atom. The van der Waals surface area contributed by atoms with Crippen molar-refractivity contribution in [2.75, 3.05) is 10.6 Å². The van der Waals surface area contributed by atoms with E-state index in [1.54, 1.807) is 0 Å². The Morgan fingerprint density at radius 2 is 1.52 bits per heavy atom. The molecule has 128 valence electrons. The molecule has 3 rings (SSSR count). The quantitative estimate of drug-likeness (QED) is 0.664. The minimum Gasteiger partial charge on any atom is -0.363 e. The molecule has 0 fully saturated rings. The minimum absolute atomic E-state index is 0.171. The molecule has 4 nitrogen and oxygen atoms in total. The molecule has 1 aromatic heterocycles. The average Bonchev–Trinajstić information content (AvgIpc) is 2.58. The maximum Gasteiger partial charge on any atom is 0.136 e. The van der Waals surface area contributed by atoms with Gasteiger partial charge in [0.05, 0.1) is 0 Å². The Labute approximate surface area is 149 Å². The van der Waals surface area contributed by atoms with Gasteiger partial charge in [0, 0.05) is 17.8 Å². The highest BCUT2D eigenvalue weighted by Crippen LogP contribution is 2.22. The Hall–Kier alpha value is -2.88. The zero-order valence-corrected chi connectivity index (χ0v) is 15.2. The number of aryl methyl sites for hydroxylation is 3. The van der Waals surface area contributed by atoms with Gasteiger partial charge in [-0.15, -0.1) is 0 Å². The topological polar surface area (TPSA) is 49.8 Å². The summed E-state index contributed by atoms with van der Waals surface area (Å²) < 4.78 is 0. The molecule has 0 aliphatic carbocycles. The number of hydrogen-bond donors (Lipinski definition) is 2. The van der Waals surface area contributed by atoms with E-state index in [2.05, 4.69) is 71.7 Å². The molecule has 2 aromatic carbocycles. The number of nitrogens with zero attached hydrogens (tertiary/aromatic N) is 2. The molecule has 4 heteroatoms. The van der Waals surface area contributed by atoms with E-state index in [4.69, 9.17) is 0 Å². The van der Waals surface area contributed by atoms with E-state index < -0.39 is 0 Å². The summed E-state index contributed by atoms with van der Waals surface area (Å²) in [5, 5.41) is 6.83. The molecule has 0 spiro atoms. The summed E-state index contributed by atoms with van der Waals surface area (Å²) in [6.45, 7) is 8.26. The summed E-state index contributed by atoms with van der Waals surface area (Å²) in [4.78, 5) is 9.01. The van der Waals surface area contributed by atoms with Crippen LogP contribution < -0.4 is 10.6 Å². The van der Waals surface area contributed by atoms with E-state index in [9.17, 15) is 0 Å². The van der Waals surface area contributed by atoms with Crippen molar-refractivity contribution in [1.82, 2.24) is 9.97 Å². The molecule has 0 aliphatic rings. The zero-order valence-electron chi connectivity index (χ0n) is 15.2. The molecular formula is C21H24N4. The van der Waals surface area contributed by atoms with Crippen LogP contribution in [-0.4, -0.2) is 9.97 Å². The Bertz CT molecular complexity index is 859. The van der Waals surface area contributed by atoms with Crippen molar-refractivity contribution in [2.45, 2.75) is 33.7 Å². The standard InChI is InChI=1S/C21H24N4/c1-14-10-11-19(12-15(14)2)25-21-13-20(23-17(4)24-21)22-16(3)18-8-6-5-7-9-18/h5-13,16H,1-4H3,(H2,22,23,24,25). The van der Waals surface area contributed by atoms with Gasteiger partial charge in [-0.1, -0.05) is 36.4 Å². The fourth-order valence-electron chi connectivity index (χ4n) is 2.72. The maximum absolute atomic E-state index is 4.51. The molecule has 25 heavy (non-hydrogen) atoms. The second-order valence-corrected chi connectivity index (χ2v) is 6.39. The first-order chi connectivity index (χ1) is 12.0. The first-order valence-electron chi connectivity index (χ1n) is 8.53. The second kappa shape index (κ2) is 7.34. The van der Waals surface area contributed by atoms with Gasteiger partial charge in [0.25, 0.3) is 0 Å². The van der Waals surface area contributed by atoms with Gasteiger partial charge in [-0.3, -0.25) is 0 Å². The average molecular weight is 332 g/mol. The summed E-state index contributed by atoms with van der Waals surface area (Å²) >= 11 is 0. The first-order valence-corrected chi connectivity index (χ1v) is 8.53. The van der Waals surface area contributed by atoms with E-state index in [-0.39, 0.29) is 6.04 Å². The van der Waals surface area contributed by atoms with Crippen LogP contribution in [0.2, 0.25) is 0 Å². The monoisotopic (exact) mass is 332 g/mol. The minimum atomic E-state index is 0.171. The van der Waals surface area contributed by atoms with E-state index in [0.717, 1.165) is 23.1 Å². The van der Waals surface area contributed by atoms with E-state index in [0.29, 0.717) is 0 Å². The van der Waals surface area contributed by atoms with Crippen LogP contribution >= 0.6 is 0 Å². The third-order valence-electron chi connectivity index (χ3n) is 4.28. The summed E-state index contributed by atoms with van der Waals surface area (Å²) in [5.41, 5.74) is 4.79. The SMILES string of the molecule is Cc1nc(Nc2ccc(C)c(C)c2)cc(NC(C)c2ccccc2)n1. The molecule has 0 radical (unpaired) electrons. The molecule has 0 saturated heterocycles. The van der Waals surface area contributed by atoms with Crippen LogP contribution in [0.1, 0.15) is 35.5 Å². The molecule has 0 aliphatic heterocycles. The lowest BCUT2D eigenvalue weighted by Gasteiger charge is -2.16. The number of rotatable bonds is 5. The zero-order chi connectivity index (χ0) is 17.8. The van der Waals surface area contributed by atoms with Gasteiger partial charge in [-0.25, -0.2) is 9.97 Å². The Kier molecular flexibility index (Phi) is 4.98. The summed E-state index contributed by atoms with van der Waals surface area (Å²) in [7, 11) is 0. The molecule has 1 unspecified atom stereocenters. The fourth-order valence-corrected chi connectivity index (χ4v) is 2.72. The highest BCUT2D eigenvalue weighted by Gasteiger charge is 2.08. The van der Waals surface area contributed by atoms with Crippen molar-refractivity contribution >= 4 is 17.3 Å². The number of hydrogen-bond acceptors (Lipinski definition) is 4. The smallest absolute Gasteiger partial charge is 0.136 e. The third kappa shape index (κ3) is 4.35. The summed E-state index contributed by atoms with van der Waals surface area (Å²) in [5.74, 6) is 2.34. The van der Waals surface area contributed by atoms with Crippen molar-refractivity contribution in [3.8, 4) is 0 Å². The van der Waals surface area contributed by atoms with E-state index >= 15 is 0 Å². The van der Waals surface area contributed by atoms with Crippen LogP contribution in [0, 0.1) is 20.8 Å². The van der Waals surface area contributed by atoms with Crippen LogP contribution in [0.5, 0.6) is 0 Å². The number of benzene rings is 2. The molecule has 0 amide bonds. The highest BCUT2D eigenvalue weighted by atomic mass is 15.1. The second-order valence-electron chi connectivity index (χ2n) is 6.39. The highest BCUT2D eigenvalue weighted by molar-refractivity contribution is 5.60. The van der Waals surface area contributed by atoms with Crippen LogP contribution in [0.15, 0.2) is 54.6 Å². The summed E-state index contributed by atoms with van der Waals surface area (Å²) in [6.07, 6.45) is 0. The van der Waals surface area contributed by atoms with Gasteiger partial charge in [-0.2, -0.15) is 0 Å². The normalized spacial score (nSPS) is 11.8. The van der Waals surface area contributed by atoms with Crippen LogP contribution in [-0.2, 0) is 0 Å². The van der Waals surface area contributed by atoms with E-state index in [1.807, 2.05) is 31.2 Å². The van der Waals surface area contributed by atoms with Gasteiger partial charge >= 0.3 is 0 Å². The Balaban J connectivity index is 1.79. The van der Waals surface area contributed by atoms with Gasteiger partial charge in [-0.05, 0) is 56.5 Å². The van der Waals surface area contributed by atoms with Crippen LogP contribution in [0.25, 0.3) is 0 Å². The number of nitrogens with one attached hydrogen (secondary N) is 2. The summed E-state index contributed by atoms with van der Waals surface area (Å²) in [6, 6.07) is 18.8. The van der Waals surface area contributed by atoms with Gasteiger partial charge in [0.15, 0.2) is 0 Å². The predicted molar refractivity (Wildman–Crippen MR) is 104 cm³/mol. The van der Waals surface area contributed by atoms with E-state index in [1.165, 1.54) is 16.7 Å². The van der Waals surface area contributed by atoms with Crippen molar-refractivity contribution in [3.63, 3.8) is 0 Å². The first kappa shape index (κ1) is 17.0. The van der Waals surface area contributed by atoms with Crippen LogP contribution in [0.4, 0.5) is 17.3 Å². The lowest BCUT2D eigenvalue weighted by molar-refractivity contribution is 0.867. The predicted octanol–water partition coefficient (Wildman–Crippen LogP) is 5.32. The van der Waals surface area contributed by atoms with Gasteiger partial charge in [0.1, 0.15) is 17.5 Å². The van der Waals surface area contributed by atoms with Gasteiger partial charge < -0.3 is 10.6 Å². The number of aromatic nitrogens is 2. The molecule has 1 heterocycles. The van der Waals surface area contributed by atoms with Crippen molar-refractivity contribution in [3.05, 3.63) is 77.1 Å². The largest absolute Gasteiger partial charge is 0.363 e. The van der Waals surface area contributed by atoms with Crippen molar-refractivity contribution in [1.29, 1.82) is 0 Å². The molecule has 2 N–H and O–H groups in total. The fraction of sp³-hybridized carbons (Fsp3) is 0.238. The maximum atomic E-state index is 4.51. The lowest BCUT2D eigenvalue weighted by Crippen LogP contribution is -2.09.